The Morgan fingerprint density at radius 3 is 2.68 bits per heavy atom. The summed E-state index contributed by atoms with van der Waals surface area (Å²) in [6.07, 6.45) is 1.63. The van der Waals surface area contributed by atoms with Gasteiger partial charge in [-0.3, -0.25) is 0 Å². The average Bonchev–Trinajstić information content (AvgIpc) is 2.86. The van der Waals surface area contributed by atoms with Crippen LogP contribution in [0.15, 0.2) is 33.4 Å². The van der Waals surface area contributed by atoms with E-state index in [0.717, 1.165) is 41.9 Å². The molecule has 1 saturated heterocycles. The van der Waals surface area contributed by atoms with E-state index in [0.29, 0.717) is 5.88 Å². The summed E-state index contributed by atoms with van der Waals surface area (Å²) in [6.45, 7) is 3.36. The first-order chi connectivity index (χ1) is 9.25. The van der Waals surface area contributed by atoms with E-state index in [2.05, 4.69) is 32.1 Å². The van der Waals surface area contributed by atoms with E-state index in [1.807, 2.05) is 12.1 Å². The number of hydrogen-bond acceptors (Lipinski definition) is 5. The number of rotatable bonds is 2. The summed E-state index contributed by atoms with van der Waals surface area (Å²) in [5.74, 6) is 0.339. The van der Waals surface area contributed by atoms with Gasteiger partial charge in [-0.2, -0.15) is 0 Å². The summed E-state index contributed by atoms with van der Waals surface area (Å²) in [7, 11) is 0. The third-order valence-electron chi connectivity index (χ3n) is 3.21. The van der Waals surface area contributed by atoms with Crippen molar-refractivity contribution in [1.29, 1.82) is 0 Å². The van der Waals surface area contributed by atoms with Crippen LogP contribution in [-0.2, 0) is 4.74 Å². The molecule has 2 heterocycles. The van der Waals surface area contributed by atoms with Crippen LogP contribution in [0.3, 0.4) is 0 Å². The normalized spacial score (nSPS) is 15.7. The Morgan fingerprint density at radius 1 is 1.26 bits per heavy atom. The Bertz CT molecular complexity index is 579. The molecule has 1 aromatic carbocycles. The maximum Gasteiger partial charge on any atom is 0.229 e. The number of benzene rings is 1. The Labute approximate surface area is 119 Å². The SMILES string of the molecule is Nc1oncc1-c1ccc(N2CCOCC2)c(Br)c1. The summed E-state index contributed by atoms with van der Waals surface area (Å²) in [4.78, 5) is 2.30. The summed E-state index contributed by atoms with van der Waals surface area (Å²) < 4.78 is 11.3. The molecule has 6 heteroatoms. The number of hydrogen-bond donors (Lipinski definition) is 1. The summed E-state index contributed by atoms with van der Waals surface area (Å²) in [5, 5.41) is 3.70. The molecular weight excluding hydrogens is 310 g/mol. The highest BCUT2D eigenvalue weighted by molar-refractivity contribution is 9.10. The first kappa shape index (κ1) is 12.5. The summed E-state index contributed by atoms with van der Waals surface area (Å²) >= 11 is 3.62. The second-order valence-corrected chi connectivity index (χ2v) is 5.22. The highest BCUT2D eigenvalue weighted by atomic mass is 79.9. The van der Waals surface area contributed by atoms with Crippen molar-refractivity contribution in [3.8, 4) is 11.1 Å². The van der Waals surface area contributed by atoms with Gasteiger partial charge in [0.05, 0.1) is 30.7 Å². The third kappa shape index (κ3) is 2.46. The zero-order valence-electron chi connectivity index (χ0n) is 10.3. The van der Waals surface area contributed by atoms with E-state index in [4.69, 9.17) is 15.0 Å². The molecule has 0 atom stereocenters. The second kappa shape index (κ2) is 5.22. The quantitative estimate of drug-likeness (QED) is 0.920. The molecule has 0 unspecified atom stereocenters. The molecule has 19 heavy (non-hydrogen) atoms. The Kier molecular flexibility index (Phi) is 3.44. The minimum atomic E-state index is 0.339. The van der Waals surface area contributed by atoms with Crippen molar-refractivity contribution in [3.05, 3.63) is 28.9 Å². The topological polar surface area (TPSA) is 64.5 Å². The summed E-state index contributed by atoms with van der Waals surface area (Å²) in [5.41, 5.74) is 8.70. The van der Waals surface area contributed by atoms with Crippen LogP contribution in [0.25, 0.3) is 11.1 Å². The van der Waals surface area contributed by atoms with E-state index in [1.165, 1.54) is 5.69 Å². The van der Waals surface area contributed by atoms with Gasteiger partial charge < -0.3 is 19.9 Å². The number of nitrogen functional groups attached to an aromatic ring is 1. The molecule has 1 aliphatic rings. The van der Waals surface area contributed by atoms with Crippen molar-refractivity contribution in [1.82, 2.24) is 5.16 Å². The largest absolute Gasteiger partial charge is 0.378 e. The van der Waals surface area contributed by atoms with E-state index >= 15 is 0 Å². The Hall–Kier alpha value is -1.53. The molecule has 5 nitrogen and oxygen atoms in total. The number of aromatic nitrogens is 1. The molecule has 0 amide bonds. The number of ether oxygens (including phenoxy) is 1. The second-order valence-electron chi connectivity index (χ2n) is 4.37. The van der Waals surface area contributed by atoms with Gasteiger partial charge in [0.15, 0.2) is 0 Å². The van der Waals surface area contributed by atoms with Crippen LogP contribution >= 0.6 is 15.9 Å². The molecule has 0 radical (unpaired) electrons. The van der Waals surface area contributed by atoms with Crippen molar-refractivity contribution < 1.29 is 9.26 Å². The van der Waals surface area contributed by atoms with Gasteiger partial charge in [-0.25, -0.2) is 0 Å². The van der Waals surface area contributed by atoms with Crippen LogP contribution in [0.5, 0.6) is 0 Å². The Morgan fingerprint density at radius 2 is 2.05 bits per heavy atom. The van der Waals surface area contributed by atoms with Crippen LogP contribution in [0.2, 0.25) is 0 Å². The van der Waals surface area contributed by atoms with Crippen LogP contribution < -0.4 is 10.6 Å². The summed E-state index contributed by atoms with van der Waals surface area (Å²) in [6, 6.07) is 6.14. The molecule has 100 valence electrons. The number of anilines is 2. The maximum atomic E-state index is 5.73. The van der Waals surface area contributed by atoms with E-state index in [9.17, 15) is 0 Å². The third-order valence-corrected chi connectivity index (χ3v) is 3.84. The molecule has 0 saturated carbocycles. The lowest BCUT2D eigenvalue weighted by Gasteiger charge is -2.29. The van der Waals surface area contributed by atoms with Crippen molar-refractivity contribution in [2.75, 3.05) is 36.9 Å². The van der Waals surface area contributed by atoms with Gasteiger partial charge in [0, 0.05) is 17.6 Å². The molecule has 0 spiro atoms. The van der Waals surface area contributed by atoms with Crippen LogP contribution in [0, 0.1) is 0 Å². The molecule has 2 N–H and O–H groups in total. The van der Waals surface area contributed by atoms with Gasteiger partial charge in [0.1, 0.15) is 0 Å². The maximum absolute atomic E-state index is 5.73. The predicted molar refractivity (Wildman–Crippen MR) is 77.1 cm³/mol. The zero-order valence-corrected chi connectivity index (χ0v) is 11.9. The van der Waals surface area contributed by atoms with Gasteiger partial charge in [-0.15, -0.1) is 0 Å². The number of nitrogens with zero attached hydrogens (tertiary/aromatic N) is 2. The molecule has 0 aliphatic carbocycles. The van der Waals surface area contributed by atoms with Crippen molar-refractivity contribution >= 4 is 27.5 Å². The lowest BCUT2D eigenvalue weighted by atomic mass is 10.1. The Balaban J connectivity index is 1.91. The van der Waals surface area contributed by atoms with Gasteiger partial charge in [0.2, 0.25) is 5.88 Å². The van der Waals surface area contributed by atoms with E-state index in [1.54, 1.807) is 6.20 Å². The molecule has 1 fully saturated rings. The first-order valence-electron chi connectivity index (χ1n) is 6.08. The first-order valence-corrected chi connectivity index (χ1v) is 6.88. The van der Waals surface area contributed by atoms with Crippen LogP contribution in [0.1, 0.15) is 0 Å². The fraction of sp³-hybridized carbons (Fsp3) is 0.308. The van der Waals surface area contributed by atoms with Crippen LogP contribution in [0.4, 0.5) is 11.6 Å². The van der Waals surface area contributed by atoms with Gasteiger partial charge in [-0.1, -0.05) is 11.2 Å². The van der Waals surface area contributed by atoms with Crippen LogP contribution in [-0.4, -0.2) is 31.5 Å². The molecular formula is C13H14BrN3O2. The van der Waals surface area contributed by atoms with Crippen molar-refractivity contribution in [3.63, 3.8) is 0 Å². The van der Waals surface area contributed by atoms with Gasteiger partial charge in [-0.05, 0) is 33.6 Å². The number of morpholine rings is 1. The fourth-order valence-corrected chi connectivity index (χ4v) is 2.83. The zero-order chi connectivity index (χ0) is 13.2. The number of nitrogens with two attached hydrogens (primary N) is 1. The highest BCUT2D eigenvalue weighted by Crippen LogP contribution is 2.33. The lowest BCUT2D eigenvalue weighted by Crippen LogP contribution is -2.36. The number of halogens is 1. The molecule has 0 bridgehead atoms. The molecule has 3 rings (SSSR count). The van der Waals surface area contributed by atoms with Gasteiger partial charge >= 0.3 is 0 Å². The minimum Gasteiger partial charge on any atom is -0.378 e. The lowest BCUT2D eigenvalue weighted by molar-refractivity contribution is 0.122. The van der Waals surface area contributed by atoms with Crippen molar-refractivity contribution in [2.24, 2.45) is 0 Å². The van der Waals surface area contributed by atoms with E-state index in [-0.39, 0.29) is 0 Å². The standard InChI is InChI=1S/C13H14BrN3O2/c14-11-7-9(10-8-16-19-13(10)15)1-2-12(11)17-3-5-18-6-4-17/h1-2,7-8H,3-6,15H2. The average molecular weight is 324 g/mol. The minimum absolute atomic E-state index is 0.339. The smallest absolute Gasteiger partial charge is 0.229 e. The molecule has 1 aliphatic heterocycles. The monoisotopic (exact) mass is 323 g/mol. The molecule has 2 aromatic rings. The van der Waals surface area contributed by atoms with E-state index < -0.39 is 0 Å². The van der Waals surface area contributed by atoms with Gasteiger partial charge in [0.25, 0.3) is 0 Å². The van der Waals surface area contributed by atoms with Crippen molar-refractivity contribution in [2.45, 2.75) is 0 Å². The fourth-order valence-electron chi connectivity index (χ4n) is 2.20. The molecule has 1 aromatic heterocycles. The highest BCUT2D eigenvalue weighted by Gasteiger charge is 2.15. The predicted octanol–water partition coefficient (Wildman–Crippen LogP) is 2.52.